The molecule has 2 N–H and O–H groups in total. The van der Waals surface area contributed by atoms with E-state index in [2.05, 4.69) is 10.3 Å². The van der Waals surface area contributed by atoms with E-state index in [0.29, 0.717) is 42.4 Å². The van der Waals surface area contributed by atoms with Gasteiger partial charge < -0.3 is 14.9 Å². The van der Waals surface area contributed by atoms with Crippen molar-refractivity contribution in [2.45, 2.75) is 28.7 Å². The zero-order valence-corrected chi connectivity index (χ0v) is 22.1. The quantitative estimate of drug-likeness (QED) is 0.387. The molecule has 0 atom stereocenters. The van der Waals surface area contributed by atoms with Gasteiger partial charge in [-0.05, 0) is 49.2 Å². The smallest absolute Gasteiger partial charge is 0.274 e. The second-order valence-corrected chi connectivity index (χ2v) is 13.3. The van der Waals surface area contributed by atoms with Gasteiger partial charge in [0, 0.05) is 67.0 Å². The van der Waals surface area contributed by atoms with E-state index in [4.69, 9.17) is 0 Å². The van der Waals surface area contributed by atoms with Crippen LogP contribution in [0.25, 0.3) is 22.0 Å². The second-order valence-electron chi connectivity index (χ2n) is 9.34. The lowest BCUT2D eigenvalue weighted by Crippen LogP contribution is -2.42. The van der Waals surface area contributed by atoms with Crippen LogP contribution in [0, 0.1) is 0 Å². The number of benzene rings is 2. The van der Waals surface area contributed by atoms with Crippen LogP contribution >= 0.6 is 0 Å². The fourth-order valence-electron chi connectivity index (χ4n) is 4.79. The molecule has 2 aromatic carbocycles. The number of sulfonamides is 1. The number of rotatable bonds is 6. The van der Waals surface area contributed by atoms with Gasteiger partial charge in [0.05, 0.1) is 9.79 Å². The van der Waals surface area contributed by atoms with Gasteiger partial charge in [0.1, 0.15) is 5.52 Å². The van der Waals surface area contributed by atoms with Crippen molar-refractivity contribution in [1.82, 2.24) is 13.9 Å². The third kappa shape index (κ3) is 4.81. The van der Waals surface area contributed by atoms with Crippen LogP contribution in [0.1, 0.15) is 12.8 Å². The molecule has 5 rings (SSSR count). The van der Waals surface area contributed by atoms with Gasteiger partial charge in [-0.15, -0.1) is 0 Å². The van der Waals surface area contributed by atoms with E-state index in [9.17, 15) is 21.6 Å². The third-order valence-corrected chi connectivity index (χ3v) is 9.82. The maximum absolute atomic E-state index is 13.0. The molecule has 1 aliphatic heterocycles. The minimum absolute atomic E-state index is 0.0145. The molecule has 1 saturated heterocycles. The summed E-state index contributed by atoms with van der Waals surface area (Å²) in [5.41, 5.74) is 2.36. The number of nitrogens with zero attached hydrogens (tertiary/aromatic N) is 2. The molecule has 0 radical (unpaired) electrons. The molecule has 2 aromatic heterocycles. The maximum atomic E-state index is 13.0. The van der Waals surface area contributed by atoms with E-state index in [-0.39, 0.29) is 21.4 Å². The average molecular weight is 541 g/mol. The van der Waals surface area contributed by atoms with Crippen molar-refractivity contribution < 1.29 is 16.8 Å². The van der Waals surface area contributed by atoms with E-state index in [1.165, 1.54) is 8.87 Å². The van der Waals surface area contributed by atoms with Crippen LogP contribution in [0.5, 0.6) is 0 Å². The van der Waals surface area contributed by atoms with Crippen molar-refractivity contribution in [2.75, 3.05) is 24.7 Å². The van der Waals surface area contributed by atoms with Crippen molar-refractivity contribution in [1.29, 1.82) is 0 Å². The van der Waals surface area contributed by atoms with Crippen LogP contribution in [0.4, 0.5) is 5.69 Å². The first kappa shape index (κ1) is 25.2. The van der Waals surface area contributed by atoms with Gasteiger partial charge in [-0.2, -0.15) is 4.31 Å². The maximum Gasteiger partial charge on any atom is 0.274 e. The predicted molar refractivity (Wildman–Crippen MR) is 144 cm³/mol. The van der Waals surface area contributed by atoms with E-state index in [1.807, 2.05) is 0 Å². The summed E-state index contributed by atoms with van der Waals surface area (Å²) in [6.07, 6.45) is 5.74. The average Bonchev–Trinajstić information content (AvgIpc) is 3.37. The fourth-order valence-corrected chi connectivity index (χ4v) is 6.93. The van der Waals surface area contributed by atoms with Gasteiger partial charge in [0.2, 0.25) is 10.0 Å². The topological polar surface area (TPSA) is 121 Å². The lowest BCUT2D eigenvalue weighted by Gasteiger charge is -2.32. The van der Waals surface area contributed by atoms with E-state index in [0.717, 1.165) is 17.5 Å². The number of fused-ring (bicyclic) bond motifs is 1. The molecule has 0 bridgehead atoms. The monoisotopic (exact) mass is 540 g/mol. The Bertz CT molecular complexity index is 1730. The minimum Gasteiger partial charge on any atom is -0.382 e. The number of sulfone groups is 1. The first-order chi connectivity index (χ1) is 17.6. The molecule has 11 heteroatoms. The SMILES string of the molecule is Cn1cc(-c2cc(S(C)(=O)=O)ccc2NC2CCN(S(=O)(=O)c3ccccc3)CC2)c2cc[nH]c2c1=O. The number of H-pyrrole nitrogens is 1. The van der Waals surface area contributed by atoms with Crippen LogP contribution in [0.3, 0.4) is 0 Å². The lowest BCUT2D eigenvalue weighted by molar-refractivity contribution is 0.330. The zero-order valence-electron chi connectivity index (χ0n) is 20.5. The largest absolute Gasteiger partial charge is 0.382 e. The Hall–Kier alpha value is -3.41. The first-order valence-corrected chi connectivity index (χ1v) is 15.2. The molecule has 3 heterocycles. The van der Waals surface area contributed by atoms with Crippen LogP contribution in [-0.4, -0.2) is 56.1 Å². The molecule has 0 spiro atoms. The first-order valence-electron chi connectivity index (χ1n) is 11.9. The standard InChI is InChI=1S/C26H28N4O5S2/c1-29-17-23(21-10-13-27-25(21)26(29)31)22-16-20(36(2,32)33)8-9-24(22)28-18-11-14-30(15-12-18)37(34,35)19-6-4-3-5-7-19/h3-10,13,16-18,27-28H,11-12,14-15H2,1-2H3. The predicted octanol–water partition coefficient (Wildman–Crippen LogP) is 3.20. The summed E-state index contributed by atoms with van der Waals surface area (Å²) in [7, 11) is -5.37. The lowest BCUT2D eigenvalue weighted by atomic mass is 10.00. The minimum atomic E-state index is -3.56. The summed E-state index contributed by atoms with van der Waals surface area (Å²) in [5.74, 6) is 0. The number of hydrogen-bond acceptors (Lipinski definition) is 6. The highest BCUT2D eigenvalue weighted by atomic mass is 32.2. The summed E-state index contributed by atoms with van der Waals surface area (Å²) in [6.45, 7) is 0.737. The van der Waals surface area contributed by atoms with Gasteiger partial charge in [-0.1, -0.05) is 18.2 Å². The summed E-state index contributed by atoms with van der Waals surface area (Å²) in [4.78, 5) is 16.0. The van der Waals surface area contributed by atoms with Crippen molar-refractivity contribution in [3.05, 3.63) is 77.3 Å². The number of piperidine rings is 1. The fraction of sp³-hybridized carbons (Fsp3) is 0.269. The number of aryl methyl sites for hydroxylation is 1. The highest BCUT2D eigenvalue weighted by molar-refractivity contribution is 7.90. The molecule has 0 saturated carbocycles. The van der Waals surface area contributed by atoms with Gasteiger partial charge >= 0.3 is 0 Å². The Morgan fingerprint density at radius 2 is 1.62 bits per heavy atom. The van der Waals surface area contributed by atoms with Crippen LogP contribution in [-0.2, 0) is 26.9 Å². The normalized spacial score (nSPS) is 15.7. The van der Waals surface area contributed by atoms with Gasteiger partial charge in [-0.25, -0.2) is 16.8 Å². The van der Waals surface area contributed by atoms with E-state index >= 15 is 0 Å². The van der Waals surface area contributed by atoms with Crippen LogP contribution in [0.15, 0.2) is 81.6 Å². The Kier molecular flexibility index (Phi) is 6.47. The highest BCUT2D eigenvalue weighted by Gasteiger charge is 2.29. The number of pyridine rings is 1. The molecule has 0 unspecified atom stereocenters. The number of anilines is 1. The summed E-state index contributed by atoms with van der Waals surface area (Å²) in [5, 5.41) is 4.21. The molecule has 1 aliphatic rings. The third-order valence-electron chi connectivity index (χ3n) is 6.80. The Morgan fingerprint density at radius 1 is 0.919 bits per heavy atom. The molecular weight excluding hydrogens is 512 g/mol. The van der Waals surface area contributed by atoms with Gasteiger partial charge in [-0.3, -0.25) is 4.79 Å². The summed E-state index contributed by atoms with van der Waals surface area (Å²) < 4.78 is 53.7. The molecular formula is C26H28N4O5S2. The van der Waals surface area contributed by atoms with E-state index < -0.39 is 19.9 Å². The highest BCUT2D eigenvalue weighted by Crippen LogP contribution is 2.35. The number of nitrogens with one attached hydrogen (secondary N) is 2. The Labute approximate surface area is 215 Å². The molecule has 0 aliphatic carbocycles. The van der Waals surface area contributed by atoms with Crippen LogP contribution < -0.4 is 10.9 Å². The van der Waals surface area contributed by atoms with Crippen molar-refractivity contribution in [3.8, 4) is 11.1 Å². The number of aromatic nitrogens is 2. The molecule has 9 nitrogen and oxygen atoms in total. The molecule has 0 amide bonds. The molecule has 37 heavy (non-hydrogen) atoms. The summed E-state index contributed by atoms with van der Waals surface area (Å²) >= 11 is 0. The molecule has 1 fully saturated rings. The molecule has 194 valence electrons. The van der Waals surface area contributed by atoms with Gasteiger partial charge in [0.15, 0.2) is 9.84 Å². The van der Waals surface area contributed by atoms with Crippen molar-refractivity contribution in [3.63, 3.8) is 0 Å². The number of aromatic amines is 1. The second kappa shape index (κ2) is 9.47. The number of hydrogen-bond donors (Lipinski definition) is 2. The molecule has 4 aromatic rings. The van der Waals surface area contributed by atoms with Crippen molar-refractivity contribution >= 4 is 36.5 Å². The Morgan fingerprint density at radius 3 is 2.30 bits per heavy atom. The van der Waals surface area contributed by atoms with Gasteiger partial charge in [0.25, 0.3) is 5.56 Å². The Balaban J connectivity index is 1.47. The van der Waals surface area contributed by atoms with Crippen molar-refractivity contribution in [2.24, 2.45) is 7.05 Å². The summed E-state index contributed by atoms with van der Waals surface area (Å²) in [6, 6.07) is 15.1. The zero-order chi connectivity index (χ0) is 26.4. The van der Waals surface area contributed by atoms with E-state index in [1.54, 1.807) is 74.0 Å². The van der Waals surface area contributed by atoms with Crippen LogP contribution in [0.2, 0.25) is 0 Å².